The first-order valence-corrected chi connectivity index (χ1v) is 8.51. The van der Waals surface area contributed by atoms with Crippen LogP contribution in [-0.4, -0.2) is 35.0 Å². The van der Waals surface area contributed by atoms with E-state index in [4.69, 9.17) is 16.3 Å². The van der Waals surface area contributed by atoms with Crippen molar-refractivity contribution in [2.45, 2.75) is 25.9 Å². The summed E-state index contributed by atoms with van der Waals surface area (Å²) in [5.74, 6) is 0.846. The fourth-order valence-corrected chi connectivity index (χ4v) is 3.22. The van der Waals surface area contributed by atoms with Crippen molar-refractivity contribution in [3.05, 3.63) is 45.4 Å². The zero-order valence-corrected chi connectivity index (χ0v) is 13.9. The fourth-order valence-electron chi connectivity index (χ4n) is 2.51. The van der Waals surface area contributed by atoms with Crippen LogP contribution in [0.15, 0.2) is 29.6 Å². The molecule has 3 rings (SSSR count). The molecule has 1 aliphatic heterocycles. The zero-order valence-electron chi connectivity index (χ0n) is 12.3. The third-order valence-corrected chi connectivity index (χ3v) is 4.71. The van der Waals surface area contributed by atoms with Crippen molar-refractivity contribution in [3.8, 4) is 5.75 Å². The van der Waals surface area contributed by atoms with Gasteiger partial charge in [-0.05, 0) is 31.2 Å². The minimum Gasteiger partial charge on any atom is -0.490 e. The van der Waals surface area contributed by atoms with Crippen LogP contribution in [0.2, 0.25) is 5.02 Å². The van der Waals surface area contributed by atoms with Crippen LogP contribution in [0.3, 0.4) is 0 Å². The van der Waals surface area contributed by atoms with Gasteiger partial charge < -0.3 is 9.64 Å². The number of benzene rings is 1. The molecule has 22 heavy (non-hydrogen) atoms. The Labute approximate surface area is 138 Å². The second-order valence-corrected chi connectivity index (χ2v) is 6.81. The summed E-state index contributed by atoms with van der Waals surface area (Å²) >= 11 is 7.37. The quantitative estimate of drug-likeness (QED) is 0.856. The van der Waals surface area contributed by atoms with E-state index < -0.39 is 0 Å². The van der Waals surface area contributed by atoms with Crippen molar-refractivity contribution in [2.75, 3.05) is 13.1 Å². The van der Waals surface area contributed by atoms with Crippen LogP contribution in [-0.2, 0) is 0 Å². The lowest BCUT2D eigenvalue weighted by atomic mass is 10.1. The number of rotatable bonds is 3. The van der Waals surface area contributed by atoms with Crippen LogP contribution in [0.5, 0.6) is 5.75 Å². The highest BCUT2D eigenvalue weighted by molar-refractivity contribution is 7.09. The Balaban J connectivity index is 1.54. The highest BCUT2D eigenvalue weighted by Gasteiger charge is 2.25. The second-order valence-electron chi connectivity index (χ2n) is 5.32. The van der Waals surface area contributed by atoms with Crippen molar-refractivity contribution >= 4 is 28.8 Å². The average Bonchev–Trinajstić information content (AvgIpc) is 2.96. The molecule has 1 fully saturated rings. The molecule has 0 atom stereocenters. The maximum atomic E-state index is 12.3. The smallest absolute Gasteiger partial charge is 0.273 e. The summed E-state index contributed by atoms with van der Waals surface area (Å²) in [5.41, 5.74) is 0.555. The van der Waals surface area contributed by atoms with Crippen molar-refractivity contribution in [1.82, 2.24) is 9.88 Å². The van der Waals surface area contributed by atoms with Gasteiger partial charge in [-0.25, -0.2) is 4.98 Å². The molecule has 2 heterocycles. The number of likely N-dealkylation sites (tertiary alicyclic amines) is 1. The minimum absolute atomic E-state index is 0.0225. The van der Waals surface area contributed by atoms with Crippen LogP contribution >= 0.6 is 22.9 Å². The predicted molar refractivity (Wildman–Crippen MR) is 87.9 cm³/mol. The Kier molecular flexibility index (Phi) is 4.64. The predicted octanol–water partition coefficient (Wildman–Crippen LogP) is 3.79. The molecule has 0 aliphatic carbocycles. The van der Waals surface area contributed by atoms with E-state index in [1.807, 2.05) is 41.5 Å². The molecule has 0 unspecified atom stereocenters. The monoisotopic (exact) mass is 336 g/mol. The van der Waals surface area contributed by atoms with Crippen molar-refractivity contribution < 1.29 is 9.53 Å². The first kappa shape index (κ1) is 15.3. The zero-order chi connectivity index (χ0) is 15.5. The molecule has 6 heteroatoms. The normalized spacial score (nSPS) is 15.8. The summed E-state index contributed by atoms with van der Waals surface area (Å²) < 4.78 is 5.94. The summed E-state index contributed by atoms with van der Waals surface area (Å²) in [7, 11) is 0. The first-order chi connectivity index (χ1) is 10.6. The van der Waals surface area contributed by atoms with Gasteiger partial charge in [0, 0.05) is 36.3 Å². The summed E-state index contributed by atoms with van der Waals surface area (Å²) in [6.45, 7) is 3.31. The SMILES string of the molecule is Cc1nc(C(=O)N2CCC(Oc3ccc(Cl)cc3)CC2)cs1. The van der Waals surface area contributed by atoms with E-state index in [1.165, 1.54) is 11.3 Å². The van der Waals surface area contributed by atoms with Gasteiger partial charge in [0.15, 0.2) is 0 Å². The highest BCUT2D eigenvalue weighted by atomic mass is 35.5. The summed E-state index contributed by atoms with van der Waals surface area (Å²) in [5, 5.41) is 3.45. The fraction of sp³-hybridized carbons (Fsp3) is 0.375. The molecule has 4 nitrogen and oxygen atoms in total. The first-order valence-electron chi connectivity index (χ1n) is 7.25. The number of carbonyl (C=O) groups is 1. The number of aromatic nitrogens is 1. The lowest BCUT2D eigenvalue weighted by Crippen LogP contribution is -2.41. The van der Waals surface area contributed by atoms with E-state index in [0.29, 0.717) is 23.8 Å². The van der Waals surface area contributed by atoms with Gasteiger partial charge >= 0.3 is 0 Å². The highest BCUT2D eigenvalue weighted by Crippen LogP contribution is 2.22. The molecule has 1 aromatic heterocycles. The van der Waals surface area contributed by atoms with Crippen molar-refractivity contribution in [2.24, 2.45) is 0 Å². The average molecular weight is 337 g/mol. The molecular weight excluding hydrogens is 320 g/mol. The lowest BCUT2D eigenvalue weighted by molar-refractivity contribution is 0.0591. The third kappa shape index (κ3) is 3.59. The molecule has 1 aliphatic rings. The second kappa shape index (κ2) is 6.67. The summed E-state index contributed by atoms with van der Waals surface area (Å²) in [6.07, 6.45) is 1.80. The van der Waals surface area contributed by atoms with Crippen molar-refractivity contribution in [3.63, 3.8) is 0 Å². The molecular formula is C16H17ClN2O2S. The molecule has 0 saturated carbocycles. The maximum absolute atomic E-state index is 12.3. The number of amides is 1. The van der Waals surface area contributed by atoms with E-state index in [-0.39, 0.29) is 12.0 Å². The van der Waals surface area contributed by atoms with E-state index in [0.717, 1.165) is 23.6 Å². The molecule has 116 valence electrons. The van der Waals surface area contributed by atoms with E-state index in [1.54, 1.807) is 0 Å². The minimum atomic E-state index is 0.0225. The maximum Gasteiger partial charge on any atom is 0.273 e. The molecule has 0 bridgehead atoms. The molecule has 0 radical (unpaired) electrons. The number of thiazole rings is 1. The molecule has 1 amide bonds. The van der Waals surface area contributed by atoms with Gasteiger partial charge in [-0.1, -0.05) is 11.6 Å². The number of piperidine rings is 1. The number of aryl methyl sites for hydroxylation is 1. The van der Waals surface area contributed by atoms with E-state index >= 15 is 0 Å². The number of hydrogen-bond donors (Lipinski definition) is 0. The number of carbonyl (C=O) groups excluding carboxylic acids is 1. The van der Waals surface area contributed by atoms with Gasteiger partial charge in [0.2, 0.25) is 0 Å². The van der Waals surface area contributed by atoms with Crippen LogP contribution in [0.25, 0.3) is 0 Å². The Morgan fingerprint density at radius 2 is 2.00 bits per heavy atom. The Hall–Kier alpha value is -1.59. The standard InChI is InChI=1S/C16H17ClN2O2S/c1-11-18-15(10-22-11)16(20)19-8-6-14(7-9-19)21-13-4-2-12(17)3-5-13/h2-5,10,14H,6-9H2,1H3. The van der Waals surface area contributed by atoms with Gasteiger partial charge in [-0.2, -0.15) is 0 Å². The summed E-state index contributed by atoms with van der Waals surface area (Å²) in [6, 6.07) is 7.38. The Bertz CT molecular complexity index is 648. The molecule has 0 spiro atoms. The lowest BCUT2D eigenvalue weighted by Gasteiger charge is -2.31. The Morgan fingerprint density at radius 3 is 2.59 bits per heavy atom. The number of hydrogen-bond acceptors (Lipinski definition) is 4. The van der Waals surface area contributed by atoms with Crippen LogP contribution in [0.1, 0.15) is 28.3 Å². The number of ether oxygens (including phenoxy) is 1. The molecule has 2 aromatic rings. The van der Waals surface area contributed by atoms with E-state index in [9.17, 15) is 4.79 Å². The third-order valence-electron chi connectivity index (χ3n) is 3.68. The van der Waals surface area contributed by atoms with Crippen LogP contribution < -0.4 is 4.74 Å². The van der Waals surface area contributed by atoms with Gasteiger partial charge in [-0.15, -0.1) is 11.3 Å². The van der Waals surface area contributed by atoms with Gasteiger partial charge in [0.25, 0.3) is 5.91 Å². The van der Waals surface area contributed by atoms with Gasteiger partial charge in [0.05, 0.1) is 5.01 Å². The number of nitrogens with zero attached hydrogens (tertiary/aromatic N) is 2. The largest absolute Gasteiger partial charge is 0.490 e. The molecule has 0 N–H and O–H groups in total. The summed E-state index contributed by atoms with van der Waals surface area (Å²) in [4.78, 5) is 18.5. The number of halogens is 1. The van der Waals surface area contributed by atoms with Crippen molar-refractivity contribution in [1.29, 1.82) is 0 Å². The van der Waals surface area contributed by atoms with Gasteiger partial charge in [-0.3, -0.25) is 4.79 Å². The van der Waals surface area contributed by atoms with Gasteiger partial charge in [0.1, 0.15) is 17.5 Å². The van der Waals surface area contributed by atoms with Crippen LogP contribution in [0.4, 0.5) is 0 Å². The van der Waals surface area contributed by atoms with Crippen LogP contribution in [0, 0.1) is 6.92 Å². The molecule has 1 aromatic carbocycles. The topological polar surface area (TPSA) is 42.4 Å². The van der Waals surface area contributed by atoms with E-state index in [2.05, 4.69) is 4.98 Å². The Morgan fingerprint density at radius 1 is 1.32 bits per heavy atom. The molecule has 1 saturated heterocycles.